The Labute approximate surface area is 218 Å². The molecule has 35 heavy (non-hydrogen) atoms. The van der Waals surface area contributed by atoms with E-state index < -0.39 is 28.7 Å². The molecule has 2 fully saturated rings. The average molecular weight is 537 g/mol. The van der Waals surface area contributed by atoms with Crippen LogP contribution in [0.4, 0.5) is 5.69 Å². The number of ether oxygens (including phenoxy) is 1. The summed E-state index contributed by atoms with van der Waals surface area (Å²) in [5.74, 6) is -0.918. The van der Waals surface area contributed by atoms with E-state index >= 15 is 0 Å². The van der Waals surface area contributed by atoms with Crippen LogP contribution < -0.4 is 5.32 Å². The third kappa shape index (κ3) is 5.08. The van der Waals surface area contributed by atoms with E-state index in [2.05, 4.69) is 15.3 Å². The van der Waals surface area contributed by atoms with Crippen molar-refractivity contribution in [1.29, 1.82) is 0 Å². The minimum Gasteiger partial charge on any atom is -0.464 e. The number of alkyl halides is 1. The predicted molar refractivity (Wildman–Crippen MR) is 136 cm³/mol. The van der Waals surface area contributed by atoms with Gasteiger partial charge in [-0.2, -0.15) is 0 Å². The number of nitrogens with one attached hydrogen (secondary N) is 1. The first-order chi connectivity index (χ1) is 16.8. The van der Waals surface area contributed by atoms with Crippen LogP contribution in [-0.2, 0) is 20.7 Å². The number of esters is 1. The molecule has 1 spiro atoms. The number of benzene rings is 1. The molecule has 2 aromatic rings. The highest BCUT2D eigenvalue weighted by Gasteiger charge is 2.59. The second-order valence-electron chi connectivity index (χ2n) is 8.63. The number of carbonyl (C=O) groups excluding carboxylic acids is 3. The largest absolute Gasteiger partial charge is 0.464 e. The maximum Gasteiger partial charge on any atom is 0.331 e. The zero-order chi connectivity index (χ0) is 25.2. The van der Waals surface area contributed by atoms with Crippen LogP contribution in [0.2, 0.25) is 10.0 Å². The number of Topliss-reactive ketones (excluding diaryl/α,β-unsaturated/α-hetero) is 1. The van der Waals surface area contributed by atoms with Gasteiger partial charge >= 0.3 is 5.97 Å². The van der Waals surface area contributed by atoms with E-state index in [0.29, 0.717) is 11.4 Å². The van der Waals surface area contributed by atoms with E-state index in [1.54, 1.807) is 31.2 Å². The lowest BCUT2D eigenvalue weighted by Crippen LogP contribution is -2.59. The van der Waals surface area contributed by atoms with Crippen molar-refractivity contribution in [2.24, 2.45) is 10.4 Å². The molecule has 1 amide bonds. The number of hydrogen-bond acceptors (Lipinski definition) is 6. The van der Waals surface area contributed by atoms with Crippen LogP contribution in [0.15, 0.2) is 41.7 Å². The molecule has 4 rings (SSSR count). The first-order valence-corrected chi connectivity index (χ1v) is 12.6. The van der Waals surface area contributed by atoms with Gasteiger partial charge in [-0.15, -0.1) is 11.6 Å². The summed E-state index contributed by atoms with van der Waals surface area (Å²) in [5.41, 5.74) is 1.47. The molecule has 2 aliphatic carbocycles. The summed E-state index contributed by atoms with van der Waals surface area (Å²) in [4.78, 5) is 46.3. The van der Waals surface area contributed by atoms with Gasteiger partial charge in [0.15, 0.2) is 11.8 Å². The van der Waals surface area contributed by atoms with Crippen LogP contribution in [0, 0.1) is 5.41 Å². The molecule has 2 aliphatic rings. The number of hydrogen-bond donors (Lipinski definition) is 1. The number of anilines is 1. The summed E-state index contributed by atoms with van der Waals surface area (Å²) in [5, 5.41) is 2.26. The molecule has 0 saturated heterocycles. The SMILES string of the molecule is CCOC(=O)[C@H](Cc1ccc(NC(=O)c2c(Cl)cncc2Cl)cc1)N=C1C(Cl)C(=O)C12CCCC2. The van der Waals surface area contributed by atoms with Crippen molar-refractivity contribution in [3.05, 3.63) is 57.8 Å². The second-order valence-corrected chi connectivity index (χ2v) is 9.88. The Morgan fingerprint density at radius 3 is 2.40 bits per heavy atom. The lowest BCUT2D eigenvalue weighted by molar-refractivity contribution is -0.144. The van der Waals surface area contributed by atoms with Gasteiger partial charge in [0.1, 0.15) is 5.38 Å². The molecule has 0 radical (unpaired) electrons. The summed E-state index contributed by atoms with van der Waals surface area (Å²) in [6, 6.07) is 6.18. The highest BCUT2D eigenvalue weighted by molar-refractivity contribution is 6.54. The normalized spacial score (nSPS) is 20.5. The molecule has 1 heterocycles. The Morgan fingerprint density at radius 2 is 1.80 bits per heavy atom. The van der Waals surface area contributed by atoms with Crippen molar-refractivity contribution in [3.63, 3.8) is 0 Å². The number of halogens is 3. The van der Waals surface area contributed by atoms with Gasteiger partial charge in [0.25, 0.3) is 5.91 Å². The van der Waals surface area contributed by atoms with E-state index in [4.69, 9.17) is 39.5 Å². The van der Waals surface area contributed by atoms with Crippen molar-refractivity contribution in [2.75, 3.05) is 11.9 Å². The van der Waals surface area contributed by atoms with Crippen LogP contribution in [0.1, 0.15) is 48.5 Å². The number of carbonyl (C=O) groups is 3. The average Bonchev–Trinajstić information content (AvgIpc) is 3.34. The zero-order valence-electron chi connectivity index (χ0n) is 19.0. The molecule has 0 bridgehead atoms. The van der Waals surface area contributed by atoms with E-state index in [1.165, 1.54) is 12.4 Å². The third-order valence-corrected chi connectivity index (χ3v) is 7.44. The molecule has 1 unspecified atom stereocenters. The zero-order valence-corrected chi connectivity index (χ0v) is 21.3. The Kier molecular flexibility index (Phi) is 7.79. The number of pyridine rings is 1. The highest BCUT2D eigenvalue weighted by atomic mass is 35.5. The standard InChI is InChI=1S/C25H24Cl3N3O4/c1-2-35-24(34)18(31-21-20(28)22(32)25(21)9-3-4-10-25)11-14-5-7-15(8-6-14)30-23(33)19-16(26)12-29-13-17(19)27/h5-8,12-13,18,20H,2-4,9-11H2,1H3,(H,30,33)/t18-,20?/m0/s1. The van der Waals surface area contributed by atoms with E-state index in [0.717, 1.165) is 31.2 Å². The summed E-state index contributed by atoms with van der Waals surface area (Å²) < 4.78 is 5.25. The lowest BCUT2D eigenvalue weighted by atomic mass is 9.64. The molecule has 2 saturated carbocycles. The Hall–Kier alpha value is -2.48. The Morgan fingerprint density at radius 1 is 1.17 bits per heavy atom. The molecule has 0 aliphatic heterocycles. The maximum atomic E-state index is 12.7. The molecule has 7 nitrogen and oxygen atoms in total. The Bertz CT molecular complexity index is 1160. The summed E-state index contributed by atoms with van der Waals surface area (Å²) >= 11 is 18.4. The van der Waals surface area contributed by atoms with Crippen molar-refractivity contribution in [3.8, 4) is 0 Å². The fourth-order valence-corrected chi connectivity index (χ4v) is 5.70. The molecule has 2 atom stereocenters. The topological polar surface area (TPSA) is 97.7 Å². The molecule has 10 heteroatoms. The fourth-order valence-electron chi connectivity index (χ4n) is 4.69. The molecule has 1 aromatic carbocycles. The first-order valence-electron chi connectivity index (χ1n) is 11.4. The minimum absolute atomic E-state index is 0.00697. The second kappa shape index (κ2) is 10.6. The van der Waals surface area contributed by atoms with Crippen LogP contribution in [0.3, 0.4) is 0 Å². The van der Waals surface area contributed by atoms with E-state index in [-0.39, 0.29) is 34.4 Å². The molecule has 184 valence electrons. The van der Waals surface area contributed by atoms with Crippen LogP contribution in [0.5, 0.6) is 0 Å². The van der Waals surface area contributed by atoms with Gasteiger partial charge in [0.05, 0.1) is 33.3 Å². The van der Waals surface area contributed by atoms with Crippen molar-refractivity contribution < 1.29 is 19.1 Å². The number of nitrogens with zero attached hydrogens (tertiary/aromatic N) is 2. The van der Waals surface area contributed by atoms with Gasteiger partial charge in [-0.3, -0.25) is 19.6 Å². The third-order valence-electron chi connectivity index (χ3n) is 6.46. The number of amides is 1. The van der Waals surface area contributed by atoms with Gasteiger partial charge in [0.2, 0.25) is 0 Å². The highest BCUT2D eigenvalue weighted by Crippen LogP contribution is 2.50. The first kappa shape index (κ1) is 25.6. The maximum absolute atomic E-state index is 12.7. The summed E-state index contributed by atoms with van der Waals surface area (Å²) in [7, 11) is 0. The number of aliphatic imine (C=N–C) groups is 1. The number of rotatable bonds is 7. The van der Waals surface area contributed by atoms with Crippen molar-refractivity contribution in [1.82, 2.24) is 4.98 Å². The monoisotopic (exact) mass is 535 g/mol. The van der Waals surface area contributed by atoms with Gasteiger partial charge in [-0.25, -0.2) is 4.79 Å². The quantitative estimate of drug-likeness (QED) is 0.382. The number of ketones is 1. The van der Waals surface area contributed by atoms with Gasteiger partial charge < -0.3 is 10.1 Å². The van der Waals surface area contributed by atoms with Crippen molar-refractivity contribution in [2.45, 2.75) is 50.4 Å². The summed E-state index contributed by atoms with van der Waals surface area (Å²) in [6.07, 6.45) is 6.31. The van der Waals surface area contributed by atoms with Gasteiger partial charge in [-0.1, -0.05) is 48.2 Å². The lowest BCUT2D eigenvalue weighted by Gasteiger charge is -2.42. The molecular formula is C25H24Cl3N3O4. The van der Waals surface area contributed by atoms with Gasteiger partial charge in [0, 0.05) is 24.5 Å². The van der Waals surface area contributed by atoms with Gasteiger partial charge in [-0.05, 0) is 37.5 Å². The summed E-state index contributed by atoms with van der Waals surface area (Å²) in [6.45, 7) is 1.95. The number of aromatic nitrogens is 1. The smallest absolute Gasteiger partial charge is 0.331 e. The van der Waals surface area contributed by atoms with E-state index in [1.807, 2.05) is 0 Å². The van der Waals surface area contributed by atoms with Crippen LogP contribution in [0.25, 0.3) is 0 Å². The van der Waals surface area contributed by atoms with Crippen LogP contribution >= 0.6 is 34.8 Å². The van der Waals surface area contributed by atoms with Crippen molar-refractivity contribution >= 4 is 63.9 Å². The predicted octanol–water partition coefficient (Wildman–Crippen LogP) is 5.31. The van der Waals surface area contributed by atoms with E-state index in [9.17, 15) is 14.4 Å². The van der Waals surface area contributed by atoms with Crippen LogP contribution in [-0.4, -0.2) is 46.4 Å². The molecular weight excluding hydrogens is 513 g/mol. The molecule has 1 aromatic heterocycles. The molecule has 1 N–H and O–H groups in total. The minimum atomic E-state index is -0.813. The fraction of sp³-hybridized carbons (Fsp3) is 0.400. The Balaban J connectivity index is 1.51.